The van der Waals surface area contributed by atoms with Crippen LogP contribution in [0.3, 0.4) is 0 Å². The van der Waals surface area contributed by atoms with E-state index >= 15 is 0 Å². The summed E-state index contributed by atoms with van der Waals surface area (Å²) >= 11 is 1.52. The molecule has 1 heterocycles. The summed E-state index contributed by atoms with van der Waals surface area (Å²) in [6.07, 6.45) is 1.23. The lowest BCUT2D eigenvalue weighted by molar-refractivity contribution is -0.116. The second kappa shape index (κ2) is 4.99. The maximum absolute atomic E-state index is 11.3. The smallest absolute Gasteiger partial charge is 0.225 e. The van der Waals surface area contributed by atoms with E-state index in [9.17, 15) is 4.79 Å². The first-order chi connectivity index (χ1) is 6.18. The molecule has 0 radical (unpaired) electrons. The highest BCUT2D eigenvalue weighted by molar-refractivity contribution is 7.14. The van der Waals surface area contributed by atoms with Crippen molar-refractivity contribution in [1.29, 1.82) is 0 Å². The third kappa shape index (κ3) is 4.05. The molecule has 0 bridgehead atoms. The van der Waals surface area contributed by atoms with E-state index in [1.807, 2.05) is 24.4 Å². The van der Waals surface area contributed by atoms with Crippen LogP contribution in [0.4, 0.5) is 5.00 Å². The molecule has 0 aliphatic carbocycles. The standard InChI is InChI=1S/C9H14N2OS/c1-7(10)4-5-8(12)11-9-3-2-6-13-9/h2-3,6-7H,4-5,10H2,1H3,(H,11,12). The molecule has 3 N–H and O–H groups in total. The van der Waals surface area contributed by atoms with E-state index in [1.165, 1.54) is 11.3 Å². The molecule has 0 saturated carbocycles. The molecule has 4 heteroatoms. The van der Waals surface area contributed by atoms with Gasteiger partial charge in [-0.15, -0.1) is 11.3 Å². The average Bonchev–Trinajstić information content (AvgIpc) is 2.53. The zero-order valence-corrected chi connectivity index (χ0v) is 8.43. The number of carbonyl (C=O) groups is 1. The number of carbonyl (C=O) groups excluding carboxylic acids is 1. The summed E-state index contributed by atoms with van der Waals surface area (Å²) in [4.78, 5) is 11.3. The molecule has 13 heavy (non-hydrogen) atoms. The van der Waals surface area contributed by atoms with Crippen LogP contribution >= 0.6 is 11.3 Å². The zero-order valence-electron chi connectivity index (χ0n) is 7.62. The van der Waals surface area contributed by atoms with Gasteiger partial charge in [0.05, 0.1) is 5.00 Å². The first kappa shape index (κ1) is 10.2. The van der Waals surface area contributed by atoms with Crippen LogP contribution < -0.4 is 11.1 Å². The van der Waals surface area contributed by atoms with Gasteiger partial charge in [0.15, 0.2) is 0 Å². The zero-order chi connectivity index (χ0) is 9.68. The van der Waals surface area contributed by atoms with E-state index in [-0.39, 0.29) is 11.9 Å². The highest BCUT2D eigenvalue weighted by Crippen LogP contribution is 2.15. The van der Waals surface area contributed by atoms with Crippen molar-refractivity contribution >= 4 is 22.2 Å². The molecule has 1 aromatic heterocycles. The Balaban J connectivity index is 2.26. The topological polar surface area (TPSA) is 55.1 Å². The van der Waals surface area contributed by atoms with Crippen LogP contribution in [0.1, 0.15) is 19.8 Å². The van der Waals surface area contributed by atoms with Gasteiger partial charge in [-0.25, -0.2) is 0 Å². The molecule has 1 amide bonds. The van der Waals surface area contributed by atoms with Crippen molar-refractivity contribution in [2.75, 3.05) is 5.32 Å². The third-order valence-electron chi connectivity index (χ3n) is 1.61. The average molecular weight is 198 g/mol. The third-order valence-corrected chi connectivity index (χ3v) is 2.40. The molecule has 0 aromatic carbocycles. The highest BCUT2D eigenvalue weighted by atomic mass is 32.1. The largest absolute Gasteiger partial charge is 0.328 e. The van der Waals surface area contributed by atoms with Crippen LogP contribution in [-0.4, -0.2) is 11.9 Å². The SMILES string of the molecule is CC(N)CCC(=O)Nc1cccs1. The Kier molecular flexibility index (Phi) is 3.92. The van der Waals surface area contributed by atoms with Gasteiger partial charge in [-0.3, -0.25) is 4.79 Å². The summed E-state index contributed by atoms with van der Waals surface area (Å²) in [6, 6.07) is 3.88. The molecular weight excluding hydrogens is 184 g/mol. The molecule has 1 atom stereocenters. The Labute approximate surface area is 81.9 Å². The van der Waals surface area contributed by atoms with E-state index in [1.54, 1.807) is 0 Å². The molecule has 3 nitrogen and oxygen atoms in total. The normalized spacial score (nSPS) is 12.5. The molecule has 0 aliphatic heterocycles. The summed E-state index contributed by atoms with van der Waals surface area (Å²) < 4.78 is 0. The van der Waals surface area contributed by atoms with Crippen molar-refractivity contribution in [2.45, 2.75) is 25.8 Å². The van der Waals surface area contributed by atoms with Crippen LogP contribution in [0.25, 0.3) is 0 Å². The lowest BCUT2D eigenvalue weighted by Crippen LogP contribution is -2.19. The summed E-state index contributed by atoms with van der Waals surface area (Å²) in [5.41, 5.74) is 5.54. The number of nitrogens with one attached hydrogen (secondary N) is 1. The van der Waals surface area contributed by atoms with Gasteiger partial charge >= 0.3 is 0 Å². The van der Waals surface area contributed by atoms with Crippen LogP contribution in [-0.2, 0) is 4.79 Å². The summed E-state index contributed by atoms with van der Waals surface area (Å²) in [5, 5.41) is 5.63. The fraction of sp³-hybridized carbons (Fsp3) is 0.444. The number of anilines is 1. The van der Waals surface area contributed by atoms with E-state index in [4.69, 9.17) is 5.73 Å². The quantitative estimate of drug-likeness (QED) is 0.775. The van der Waals surface area contributed by atoms with Crippen molar-refractivity contribution in [2.24, 2.45) is 5.73 Å². The van der Waals surface area contributed by atoms with Crippen LogP contribution in [0.2, 0.25) is 0 Å². The number of amides is 1. The van der Waals surface area contributed by atoms with Gasteiger partial charge in [0.25, 0.3) is 0 Å². The minimum Gasteiger partial charge on any atom is -0.328 e. The molecule has 1 aromatic rings. The number of hydrogen-bond acceptors (Lipinski definition) is 3. The minimum atomic E-state index is 0.0414. The fourth-order valence-corrected chi connectivity index (χ4v) is 1.54. The van der Waals surface area contributed by atoms with Gasteiger partial charge in [-0.1, -0.05) is 0 Å². The molecule has 0 fully saturated rings. The fourth-order valence-electron chi connectivity index (χ4n) is 0.908. The van der Waals surface area contributed by atoms with Crippen molar-refractivity contribution in [1.82, 2.24) is 0 Å². The Morgan fingerprint density at radius 2 is 2.54 bits per heavy atom. The Morgan fingerprint density at radius 1 is 1.77 bits per heavy atom. The molecule has 0 saturated heterocycles. The lowest BCUT2D eigenvalue weighted by atomic mass is 10.2. The molecule has 72 valence electrons. The van der Waals surface area contributed by atoms with Crippen molar-refractivity contribution in [3.63, 3.8) is 0 Å². The van der Waals surface area contributed by atoms with Crippen LogP contribution in [0.5, 0.6) is 0 Å². The molecular formula is C9H14N2OS. The Hall–Kier alpha value is -0.870. The number of hydrogen-bond donors (Lipinski definition) is 2. The van der Waals surface area contributed by atoms with Gasteiger partial charge in [0, 0.05) is 12.5 Å². The van der Waals surface area contributed by atoms with E-state index in [0.717, 1.165) is 11.4 Å². The lowest BCUT2D eigenvalue weighted by Gasteiger charge is -2.04. The van der Waals surface area contributed by atoms with Gasteiger partial charge in [0.2, 0.25) is 5.91 Å². The van der Waals surface area contributed by atoms with E-state index < -0.39 is 0 Å². The van der Waals surface area contributed by atoms with E-state index in [2.05, 4.69) is 5.32 Å². The predicted molar refractivity (Wildman–Crippen MR) is 55.8 cm³/mol. The second-order valence-corrected chi connectivity index (χ2v) is 3.99. The molecule has 1 unspecified atom stereocenters. The first-order valence-corrected chi connectivity index (χ1v) is 5.15. The van der Waals surface area contributed by atoms with Gasteiger partial charge in [0.1, 0.15) is 0 Å². The first-order valence-electron chi connectivity index (χ1n) is 4.27. The van der Waals surface area contributed by atoms with Gasteiger partial charge in [-0.05, 0) is 30.9 Å². The van der Waals surface area contributed by atoms with Crippen LogP contribution in [0, 0.1) is 0 Å². The monoisotopic (exact) mass is 198 g/mol. The molecule has 1 rings (SSSR count). The summed E-state index contributed by atoms with van der Waals surface area (Å²) in [7, 11) is 0. The molecule has 0 spiro atoms. The summed E-state index contributed by atoms with van der Waals surface area (Å²) in [6.45, 7) is 1.90. The maximum atomic E-state index is 11.3. The second-order valence-electron chi connectivity index (χ2n) is 3.04. The van der Waals surface area contributed by atoms with Crippen LogP contribution in [0.15, 0.2) is 17.5 Å². The van der Waals surface area contributed by atoms with Crippen molar-refractivity contribution in [3.05, 3.63) is 17.5 Å². The number of rotatable bonds is 4. The van der Waals surface area contributed by atoms with Gasteiger partial charge in [-0.2, -0.15) is 0 Å². The maximum Gasteiger partial charge on any atom is 0.225 e. The summed E-state index contributed by atoms with van der Waals surface area (Å²) in [5.74, 6) is 0.0414. The minimum absolute atomic E-state index is 0.0414. The Bertz CT molecular complexity index is 257. The van der Waals surface area contributed by atoms with Gasteiger partial charge < -0.3 is 11.1 Å². The number of thiophene rings is 1. The Morgan fingerprint density at radius 3 is 3.08 bits per heavy atom. The van der Waals surface area contributed by atoms with Crippen molar-refractivity contribution in [3.8, 4) is 0 Å². The highest BCUT2D eigenvalue weighted by Gasteiger charge is 2.03. The molecule has 0 aliphatic rings. The van der Waals surface area contributed by atoms with E-state index in [0.29, 0.717) is 6.42 Å². The van der Waals surface area contributed by atoms with Crippen molar-refractivity contribution < 1.29 is 4.79 Å². The predicted octanol–water partition coefficient (Wildman–Crippen LogP) is 1.81. The number of nitrogens with two attached hydrogens (primary N) is 1.